The minimum Gasteiger partial charge on any atom is -0.351 e. The first-order valence-corrected chi connectivity index (χ1v) is 7.39. The van der Waals surface area contributed by atoms with E-state index in [4.69, 9.17) is 0 Å². The van der Waals surface area contributed by atoms with E-state index in [0.29, 0.717) is 4.47 Å². The van der Waals surface area contributed by atoms with E-state index in [9.17, 15) is 14.0 Å². The minimum absolute atomic E-state index is 0.0267. The Balaban J connectivity index is 1.84. The van der Waals surface area contributed by atoms with Gasteiger partial charge >= 0.3 is 0 Å². The monoisotopic (exact) mass is 342 g/mol. The van der Waals surface area contributed by atoms with E-state index < -0.39 is 11.7 Å². The molecule has 0 unspecified atom stereocenters. The van der Waals surface area contributed by atoms with Crippen LogP contribution in [0, 0.1) is 5.82 Å². The second-order valence-electron chi connectivity index (χ2n) is 4.69. The maximum Gasteiger partial charge on any atom is 0.255 e. The van der Waals surface area contributed by atoms with Crippen LogP contribution in [0.25, 0.3) is 0 Å². The third-order valence-corrected chi connectivity index (χ3v) is 3.93. The second-order valence-corrected chi connectivity index (χ2v) is 5.54. The Bertz CT molecular complexity index is 496. The van der Waals surface area contributed by atoms with Gasteiger partial charge in [0.05, 0.1) is 5.56 Å². The van der Waals surface area contributed by atoms with Crippen molar-refractivity contribution in [2.24, 2.45) is 0 Å². The lowest BCUT2D eigenvalue weighted by Crippen LogP contribution is -2.33. The molecule has 1 aliphatic heterocycles. The summed E-state index contributed by atoms with van der Waals surface area (Å²) >= 11 is 3.15. The van der Waals surface area contributed by atoms with Crippen LogP contribution in [-0.4, -0.2) is 36.3 Å². The number of nitrogens with one attached hydrogen (secondary N) is 1. The quantitative estimate of drug-likeness (QED) is 0.912. The summed E-state index contributed by atoms with van der Waals surface area (Å²) in [6, 6.07) is 4.36. The fraction of sp³-hybridized carbons (Fsp3) is 0.429. The van der Waals surface area contributed by atoms with Crippen molar-refractivity contribution < 1.29 is 14.0 Å². The number of carbonyl (C=O) groups is 2. The first kappa shape index (κ1) is 15.0. The van der Waals surface area contributed by atoms with Gasteiger partial charge in [0.2, 0.25) is 5.91 Å². The highest BCUT2D eigenvalue weighted by Crippen LogP contribution is 2.19. The molecule has 1 heterocycles. The highest BCUT2D eigenvalue weighted by atomic mass is 79.9. The predicted octanol–water partition coefficient (Wildman–Crippen LogP) is 2.33. The Labute approximate surface area is 125 Å². The number of rotatable bonds is 4. The van der Waals surface area contributed by atoms with Crippen molar-refractivity contribution in [1.82, 2.24) is 10.2 Å². The van der Waals surface area contributed by atoms with E-state index in [0.717, 1.165) is 25.9 Å². The third-order valence-electron chi connectivity index (χ3n) is 3.27. The molecule has 0 bridgehead atoms. The van der Waals surface area contributed by atoms with E-state index in [1.807, 2.05) is 0 Å². The average Bonchev–Trinajstić information content (AvgIpc) is 2.92. The average molecular weight is 343 g/mol. The smallest absolute Gasteiger partial charge is 0.255 e. The SMILES string of the molecule is O=C(NCCC(=O)N1CCCC1)c1c(F)cccc1Br. The highest BCUT2D eigenvalue weighted by molar-refractivity contribution is 9.10. The zero-order valence-electron chi connectivity index (χ0n) is 11.0. The Morgan fingerprint density at radius 2 is 2.00 bits per heavy atom. The van der Waals surface area contributed by atoms with Gasteiger partial charge < -0.3 is 10.2 Å². The molecule has 0 spiro atoms. The van der Waals surface area contributed by atoms with Gasteiger partial charge in [0.25, 0.3) is 5.91 Å². The molecule has 6 heteroatoms. The fourth-order valence-corrected chi connectivity index (χ4v) is 2.73. The van der Waals surface area contributed by atoms with E-state index >= 15 is 0 Å². The number of nitrogens with zero attached hydrogens (tertiary/aromatic N) is 1. The van der Waals surface area contributed by atoms with Gasteiger partial charge in [-0.2, -0.15) is 0 Å². The van der Waals surface area contributed by atoms with E-state index in [-0.39, 0.29) is 24.4 Å². The third kappa shape index (κ3) is 3.56. The molecule has 1 fully saturated rings. The summed E-state index contributed by atoms with van der Waals surface area (Å²) < 4.78 is 14.0. The van der Waals surface area contributed by atoms with Crippen LogP contribution in [0.5, 0.6) is 0 Å². The van der Waals surface area contributed by atoms with Gasteiger partial charge in [-0.05, 0) is 40.9 Å². The molecule has 2 amide bonds. The van der Waals surface area contributed by atoms with Crippen molar-refractivity contribution in [3.05, 3.63) is 34.1 Å². The maximum absolute atomic E-state index is 13.6. The normalized spacial score (nSPS) is 14.4. The van der Waals surface area contributed by atoms with Crippen LogP contribution in [0.1, 0.15) is 29.6 Å². The van der Waals surface area contributed by atoms with Crippen LogP contribution in [0.4, 0.5) is 4.39 Å². The number of hydrogen-bond acceptors (Lipinski definition) is 2. The second kappa shape index (κ2) is 6.83. The number of hydrogen-bond donors (Lipinski definition) is 1. The predicted molar refractivity (Wildman–Crippen MR) is 76.9 cm³/mol. The standard InChI is InChI=1S/C14H16BrFN2O2/c15-10-4-3-5-11(16)13(10)14(20)17-7-6-12(19)18-8-1-2-9-18/h3-5H,1-2,6-9H2,(H,17,20). The number of halogens is 2. The van der Waals surface area contributed by atoms with Gasteiger partial charge in [0.15, 0.2) is 0 Å². The van der Waals surface area contributed by atoms with Crippen molar-refractivity contribution in [1.29, 1.82) is 0 Å². The Morgan fingerprint density at radius 1 is 1.30 bits per heavy atom. The molecule has 1 aliphatic rings. The van der Waals surface area contributed by atoms with Crippen molar-refractivity contribution in [3.63, 3.8) is 0 Å². The molecular weight excluding hydrogens is 327 g/mol. The summed E-state index contributed by atoms with van der Waals surface area (Å²) in [7, 11) is 0. The van der Waals surface area contributed by atoms with Crippen LogP contribution < -0.4 is 5.32 Å². The zero-order valence-corrected chi connectivity index (χ0v) is 12.6. The molecule has 0 aromatic heterocycles. The Kier molecular flexibility index (Phi) is 5.11. The highest BCUT2D eigenvalue weighted by Gasteiger charge is 2.19. The molecule has 1 saturated heterocycles. The maximum atomic E-state index is 13.6. The number of amides is 2. The molecule has 0 atom stereocenters. The van der Waals surface area contributed by atoms with Gasteiger partial charge in [-0.25, -0.2) is 4.39 Å². The molecule has 1 N–H and O–H groups in total. The van der Waals surface area contributed by atoms with Crippen molar-refractivity contribution >= 4 is 27.7 Å². The van der Waals surface area contributed by atoms with Crippen LogP contribution >= 0.6 is 15.9 Å². The van der Waals surface area contributed by atoms with Crippen molar-refractivity contribution in [2.45, 2.75) is 19.3 Å². The lowest BCUT2D eigenvalue weighted by molar-refractivity contribution is -0.129. The Morgan fingerprint density at radius 3 is 2.65 bits per heavy atom. The molecule has 4 nitrogen and oxygen atoms in total. The van der Waals surface area contributed by atoms with E-state index in [1.165, 1.54) is 12.1 Å². The molecular formula is C14H16BrFN2O2. The lowest BCUT2D eigenvalue weighted by Gasteiger charge is -2.15. The largest absolute Gasteiger partial charge is 0.351 e. The molecule has 20 heavy (non-hydrogen) atoms. The first-order chi connectivity index (χ1) is 9.59. The molecule has 0 saturated carbocycles. The van der Waals surface area contributed by atoms with Crippen LogP contribution in [0.3, 0.4) is 0 Å². The van der Waals surface area contributed by atoms with Gasteiger partial charge in [0, 0.05) is 30.5 Å². The summed E-state index contributed by atoms with van der Waals surface area (Å²) in [6.45, 7) is 1.81. The summed E-state index contributed by atoms with van der Waals surface area (Å²) in [4.78, 5) is 25.5. The van der Waals surface area contributed by atoms with E-state index in [2.05, 4.69) is 21.2 Å². The zero-order chi connectivity index (χ0) is 14.5. The number of carbonyl (C=O) groups excluding carboxylic acids is 2. The van der Waals surface area contributed by atoms with Gasteiger partial charge in [-0.15, -0.1) is 0 Å². The van der Waals surface area contributed by atoms with E-state index in [1.54, 1.807) is 11.0 Å². The summed E-state index contributed by atoms with van der Waals surface area (Å²) in [5.74, 6) is -1.05. The van der Waals surface area contributed by atoms with Gasteiger partial charge in [-0.1, -0.05) is 6.07 Å². The molecule has 0 radical (unpaired) electrons. The van der Waals surface area contributed by atoms with Gasteiger partial charge in [0.1, 0.15) is 5.82 Å². The van der Waals surface area contributed by atoms with Crippen LogP contribution in [0.2, 0.25) is 0 Å². The first-order valence-electron chi connectivity index (χ1n) is 6.59. The molecule has 1 aromatic carbocycles. The topological polar surface area (TPSA) is 49.4 Å². The lowest BCUT2D eigenvalue weighted by atomic mass is 10.2. The fourth-order valence-electron chi connectivity index (χ4n) is 2.21. The summed E-state index contributed by atoms with van der Waals surface area (Å²) in [6.07, 6.45) is 2.33. The molecule has 2 rings (SSSR count). The summed E-state index contributed by atoms with van der Waals surface area (Å²) in [5, 5.41) is 2.58. The van der Waals surface area contributed by atoms with Crippen molar-refractivity contribution in [3.8, 4) is 0 Å². The summed E-state index contributed by atoms with van der Waals surface area (Å²) in [5.41, 5.74) is -0.0267. The van der Waals surface area contributed by atoms with Crippen LogP contribution in [-0.2, 0) is 4.79 Å². The Hall–Kier alpha value is -1.43. The van der Waals surface area contributed by atoms with Crippen molar-refractivity contribution in [2.75, 3.05) is 19.6 Å². The number of likely N-dealkylation sites (tertiary alicyclic amines) is 1. The minimum atomic E-state index is -0.581. The number of benzene rings is 1. The molecule has 1 aromatic rings. The molecule has 0 aliphatic carbocycles. The van der Waals surface area contributed by atoms with Crippen LogP contribution in [0.15, 0.2) is 22.7 Å². The van der Waals surface area contributed by atoms with Gasteiger partial charge in [-0.3, -0.25) is 9.59 Å². The molecule has 108 valence electrons.